The number of guanidine groups is 1. The van der Waals surface area contributed by atoms with Crippen molar-refractivity contribution in [3.63, 3.8) is 0 Å². The summed E-state index contributed by atoms with van der Waals surface area (Å²) in [6.07, 6.45) is 3.48. The van der Waals surface area contributed by atoms with Gasteiger partial charge in [0.25, 0.3) is 0 Å². The summed E-state index contributed by atoms with van der Waals surface area (Å²) in [5, 5.41) is 6.69. The van der Waals surface area contributed by atoms with Crippen LogP contribution >= 0.6 is 24.0 Å². The molecule has 2 rings (SSSR count). The van der Waals surface area contributed by atoms with Crippen LogP contribution in [0.4, 0.5) is 0 Å². The number of aliphatic imine (C=N–C) groups is 1. The Morgan fingerprint density at radius 1 is 1.22 bits per heavy atom. The van der Waals surface area contributed by atoms with E-state index in [2.05, 4.69) is 53.7 Å². The smallest absolute Gasteiger partial charge is 0.225 e. The molecule has 1 aromatic carbocycles. The van der Waals surface area contributed by atoms with E-state index in [0.29, 0.717) is 39.1 Å². The molecular weight excluding hydrogens is 455 g/mol. The monoisotopic (exact) mass is 488 g/mol. The van der Waals surface area contributed by atoms with Crippen molar-refractivity contribution in [1.82, 2.24) is 10.6 Å². The van der Waals surface area contributed by atoms with Crippen molar-refractivity contribution in [2.75, 3.05) is 26.3 Å². The van der Waals surface area contributed by atoms with Crippen LogP contribution in [0.25, 0.3) is 0 Å². The number of benzene rings is 1. The Labute approximate surface area is 179 Å². The van der Waals surface area contributed by atoms with Gasteiger partial charge in [-0.15, -0.1) is 24.0 Å². The molecule has 1 saturated heterocycles. The first-order chi connectivity index (χ1) is 12.6. The molecule has 0 aromatic heterocycles. The standard InChI is InChI=1S/C20H32N4O2.HI/c1-3-4-11-22-19(23-14-17-7-5-16(2)6-8-17)24-15-20(18(21)25)9-12-26-13-10-20;/h5-8H,3-4,9-15H2,1-2H3,(H2,21,25)(H2,22,23,24);1H. The zero-order valence-electron chi connectivity index (χ0n) is 16.4. The summed E-state index contributed by atoms with van der Waals surface area (Å²) in [5.74, 6) is 0.464. The van der Waals surface area contributed by atoms with Crippen LogP contribution in [0.5, 0.6) is 0 Å². The van der Waals surface area contributed by atoms with Gasteiger partial charge in [-0.2, -0.15) is 0 Å². The second-order valence-corrected chi connectivity index (χ2v) is 7.04. The third kappa shape index (κ3) is 7.65. The minimum atomic E-state index is -0.560. The van der Waals surface area contributed by atoms with E-state index in [1.807, 2.05) is 0 Å². The molecule has 1 heterocycles. The zero-order valence-corrected chi connectivity index (χ0v) is 18.8. The van der Waals surface area contributed by atoms with Crippen LogP contribution < -0.4 is 16.4 Å². The molecule has 0 spiro atoms. The third-order valence-electron chi connectivity index (χ3n) is 4.93. The zero-order chi connectivity index (χ0) is 18.8. The first-order valence-electron chi connectivity index (χ1n) is 9.51. The summed E-state index contributed by atoms with van der Waals surface area (Å²) in [7, 11) is 0. The summed E-state index contributed by atoms with van der Waals surface area (Å²) in [6, 6.07) is 8.36. The van der Waals surface area contributed by atoms with E-state index in [4.69, 9.17) is 10.5 Å². The van der Waals surface area contributed by atoms with Gasteiger partial charge in [-0.05, 0) is 31.7 Å². The number of rotatable bonds is 8. The van der Waals surface area contributed by atoms with E-state index in [0.717, 1.165) is 30.9 Å². The Hall–Kier alpha value is -1.35. The first-order valence-corrected chi connectivity index (χ1v) is 9.51. The molecule has 27 heavy (non-hydrogen) atoms. The van der Waals surface area contributed by atoms with Crippen LogP contribution in [0, 0.1) is 12.3 Å². The Morgan fingerprint density at radius 3 is 2.48 bits per heavy atom. The second-order valence-electron chi connectivity index (χ2n) is 7.04. The number of hydrogen-bond acceptors (Lipinski definition) is 3. The van der Waals surface area contributed by atoms with E-state index >= 15 is 0 Å². The molecule has 1 fully saturated rings. The molecule has 0 radical (unpaired) electrons. The van der Waals surface area contributed by atoms with Gasteiger partial charge in [0.05, 0.1) is 12.0 Å². The number of primary amides is 1. The van der Waals surface area contributed by atoms with Crippen LogP contribution in [0.2, 0.25) is 0 Å². The van der Waals surface area contributed by atoms with Gasteiger partial charge in [0.15, 0.2) is 5.96 Å². The Morgan fingerprint density at radius 2 is 1.89 bits per heavy atom. The predicted molar refractivity (Wildman–Crippen MR) is 120 cm³/mol. The lowest BCUT2D eigenvalue weighted by Crippen LogP contribution is -2.51. The summed E-state index contributed by atoms with van der Waals surface area (Å²) in [4.78, 5) is 16.7. The van der Waals surface area contributed by atoms with Crippen LogP contribution in [-0.4, -0.2) is 38.2 Å². The van der Waals surface area contributed by atoms with Gasteiger partial charge in [-0.25, -0.2) is 4.99 Å². The molecule has 4 N–H and O–H groups in total. The van der Waals surface area contributed by atoms with Crippen molar-refractivity contribution in [1.29, 1.82) is 0 Å². The maximum absolute atomic E-state index is 12.0. The number of nitrogens with one attached hydrogen (secondary N) is 2. The third-order valence-corrected chi connectivity index (χ3v) is 4.93. The summed E-state index contributed by atoms with van der Waals surface area (Å²) in [5.41, 5.74) is 7.53. The number of nitrogens with two attached hydrogens (primary N) is 1. The molecule has 1 amide bonds. The van der Waals surface area contributed by atoms with Gasteiger partial charge in [0.2, 0.25) is 5.91 Å². The van der Waals surface area contributed by atoms with Crippen molar-refractivity contribution < 1.29 is 9.53 Å². The normalized spacial score (nSPS) is 16.3. The van der Waals surface area contributed by atoms with E-state index in [1.165, 1.54) is 5.56 Å². The van der Waals surface area contributed by atoms with Crippen LogP contribution in [0.3, 0.4) is 0 Å². The molecule has 0 atom stereocenters. The fourth-order valence-electron chi connectivity index (χ4n) is 2.95. The van der Waals surface area contributed by atoms with Gasteiger partial charge in [-0.3, -0.25) is 4.79 Å². The minimum Gasteiger partial charge on any atom is -0.381 e. The molecule has 1 aromatic rings. The van der Waals surface area contributed by atoms with Gasteiger partial charge in [-0.1, -0.05) is 43.2 Å². The van der Waals surface area contributed by atoms with Crippen LogP contribution in [-0.2, 0) is 16.1 Å². The Bertz CT molecular complexity index is 599. The maximum atomic E-state index is 12.0. The Kier molecular flexibility index (Phi) is 10.7. The molecule has 6 nitrogen and oxygen atoms in total. The molecule has 0 aliphatic carbocycles. The molecule has 0 saturated carbocycles. The van der Waals surface area contributed by atoms with Crippen molar-refractivity contribution in [3.05, 3.63) is 35.4 Å². The van der Waals surface area contributed by atoms with E-state index < -0.39 is 5.41 Å². The number of aryl methyl sites for hydroxylation is 1. The number of unbranched alkanes of at least 4 members (excludes halogenated alkanes) is 1. The molecule has 7 heteroatoms. The van der Waals surface area contributed by atoms with Gasteiger partial charge in [0, 0.05) is 26.3 Å². The quantitative estimate of drug-likeness (QED) is 0.227. The molecule has 1 aliphatic heterocycles. The highest BCUT2D eigenvalue weighted by atomic mass is 127. The second kappa shape index (κ2) is 12.2. The van der Waals surface area contributed by atoms with Crippen molar-refractivity contribution in [2.45, 2.75) is 46.1 Å². The topological polar surface area (TPSA) is 88.7 Å². The summed E-state index contributed by atoms with van der Waals surface area (Å²) >= 11 is 0. The minimum absolute atomic E-state index is 0. The highest BCUT2D eigenvalue weighted by Gasteiger charge is 2.38. The van der Waals surface area contributed by atoms with Crippen molar-refractivity contribution in [3.8, 4) is 0 Å². The lowest BCUT2D eigenvalue weighted by atomic mass is 9.79. The summed E-state index contributed by atoms with van der Waals surface area (Å²) < 4.78 is 5.39. The number of amides is 1. The van der Waals surface area contributed by atoms with Gasteiger partial charge < -0.3 is 21.1 Å². The molecular formula is C20H33IN4O2. The highest BCUT2D eigenvalue weighted by molar-refractivity contribution is 14.0. The van der Waals surface area contributed by atoms with Gasteiger partial charge >= 0.3 is 0 Å². The molecule has 0 bridgehead atoms. The number of ether oxygens (including phenoxy) is 1. The number of halogens is 1. The summed E-state index contributed by atoms with van der Waals surface area (Å²) in [6.45, 7) is 7.30. The van der Waals surface area contributed by atoms with Gasteiger partial charge in [0.1, 0.15) is 0 Å². The first kappa shape index (κ1) is 23.7. The molecule has 152 valence electrons. The van der Waals surface area contributed by atoms with E-state index in [1.54, 1.807) is 0 Å². The highest BCUT2D eigenvalue weighted by Crippen LogP contribution is 2.29. The predicted octanol–water partition coefficient (Wildman–Crippen LogP) is 2.73. The lowest BCUT2D eigenvalue weighted by Gasteiger charge is -2.34. The van der Waals surface area contributed by atoms with Crippen molar-refractivity contribution in [2.24, 2.45) is 16.1 Å². The molecule has 1 aliphatic rings. The van der Waals surface area contributed by atoms with E-state index in [-0.39, 0.29) is 29.9 Å². The number of hydrogen-bond donors (Lipinski definition) is 3. The lowest BCUT2D eigenvalue weighted by molar-refractivity contribution is -0.132. The SMILES string of the molecule is CCCCNC(=NCc1ccc(C)cc1)NCC1(C(N)=O)CCOCC1.I. The maximum Gasteiger partial charge on any atom is 0.225 e. The number of nitrogens with zero attached hydrogens (tertiary/aromatic N) is 1. The Balaban J connectivity index is 0.00000364. The van der Waals surface area contributed by atoms with Crippen LogP contribution in [0.15, 0.2) is 29.3 Å². The largest absolute Gasteiger partial charge is 0.381 e. The average Bonchev–Trinajstić information content (AvgIpc) is 2.65. The average molecular weight is 488 g/mol. The van der Waals surface area contributed by atoms with E-state index in [9.17, 15) is 4.79 Å². The van der Waals surface area contributed by atoms with Crippen LogP contribution in [0.1, 0.15) is 43.7 Å². The fourth-order valence-corrected chi connectivity index (χ4v) is 2.95. The number of carbonyl (C=O) groups excluding carboxylic acids is 1. The number of carbonyl (C=O) groups is 1. The van der Waals surface area contributed by atoms with Crippen molar-refractivity contribution >= 4 is 35.8 Å². The fraction of sp³-hybridized carbons (Fsp3) is 0.600. The molecule has 0 unspecified atom stereocenters.